The highest BCUT2D eigenvalue weighted by atomic mass is 32.2. The van der Waals surface area contributed by atoms with Gasteiger partial charge in [-0.1, -0.05) is 77.0 Å². The molecule has 2 unspecified atom stereocenters. The summed E-state index contributed by atoms with van der Waals surface area (Å²) in [6, 6.07) is -0.724. The number of carbonyl (C=O) groups is 2. The van der Waals surface area contributed by atoms with E-state index < -0.39 is 0 Å². The van der Waals surface area contributed by atoms with Crippen LogP contribution in [0, 0.1) is 0 Å². The number of unbranched alkanes of at least 4 members (excludes halogenated alkanes) is 8. The second kappa shape index (κ2) is 11.6. The average molecular weight is 397 g/mol. The van der Waals surface area contributed by atoms with Gasteiger partial charge in [-0.3, -0.25) is 10.1 Å². The van der Waals surface area contributed by atoms with Gasteiger partial charge in [0.15, 0.2) is 17.4 Å². The van der Waals surface area contributed by atoms with Crippen LogP contribution in [-0.2, 0) is 4.79 Å². The molecule has 2 aliphatic rings. The lowest BCUT2D eigenvalue weighted by Crippen LogP contribution is -2.63. The lowest BCUT2D eigenvalue weighted by Gasteiger charge is -2.36. The van der Waals surface area contributed by atoms with Crippen molar-refractivity contribution in [1.29, 1.82) is 0 Å². The van der Waals surface area contributed by atoms with E-state index >= 15 is 0 Å². The van der Waals surface area contributed by atoms with Crippen molar-refractivity contribution >= 4 is 28.9 Å². The number of imide groups is 1. The fraction of sp³-hybridized carbons (Fsp3) is 0.850. The van der Waals surface area contributed by atoms with E-state index in [1.54, 1.807) is 23.7 Å². The molecule has 1 N–H and O–H groups in total. The Morgan fingerprint density at radius 3 is 2.26 bits per heavy atom. The molecular formula is C20H36N4O2S. The first-order valence-corrected chi connectivity index (χ1v) is 11.6. The summed E-state index contributed by atoms with van der Waals surface area (Å²) in [6.45, 7) is 5.26. The molecule has 0 aromatic rings. The second-order valence-electron chi connectivity index (χ2n) is 7.55. The van der Waals surface area contributed by atoms with Gasteiger partial charge < -0.3 is 9.80 Å². The number of hydrogen-bond acceptors (Lipinski definition) is 5. The maximum Gasteiger partial charge on any atom is 0.325 e. The van der Waals surface area contributed by atoms with Crippen LogP contribution >= 0.6 is 11.8 Å². The number of nitrogens with zero attached hydrogens (tertiary/aromatic N) is 3. The van der Waals surface area contributed by atoms with E-state index in [0.717, 1.165) is 36.7 Å². The molecule has 27 heavy (non-hydrogen) atoms. The third kappa shape index (κ3) is 6.13. The van der Waals surface area contributed by atoms with Crippen LogP contribution in [-0.4, -0.2) is 58.5 Å². The molecule has 6 nitrogen and oxygen atoms in total. The summed E-state index contributed by atoms with van der Waals surface area (Å²) in [5.41, 5.74) is 0. The number of amidine groups is 1. The van der Waals surface area contributed by atoms with Crippen molar-refractivity contribution in [2.45, 2.75) is 90.3 Å². The zero-order valence-electron chi connectivity index (χ0n) is 17.2. The van der Waals surface area contributed by atoms with Crippen LogP contribution in [0.1, 0.15) is 78.1 Å². The van der Waals surface area contributed by atoms with Crippen LogP contribution in [0.2, 0.25) is 0 Å². The number of fused-ring (bicyclic) bond motifs is 1. The Hall–Kier alpha value is -1.24. The predicted octanol–water partition coefficient (Wildman–Crippen LogP) is 4.21. The summed E-state index contributed by atoms with van der Waals surface area (Å²) in [5, 5.41) is 3.40. The summed E-state index contributed by atoms with van der Waals surface area (Å²) in [4.78, 5) is 32.8. The monoisotopic (exact) mass is 396 g/mol. The SMILES string of the molecule is CCCCCCCCCCN1C(SCCCC)=NC2C1C(=O)NC(=O)N2C. The van der Waals surface area contributed by atoms with Crippen molar-refractivity contribution in [2.75, 3.05) is 19.3 Å². The van der Waals surface area contributed by atoms with Crippen LogP contribution in [0.4, 0.5) is 4.79 Å². The number of thioether (sulfide) groups is 1. The first-order valence-electron chi connectivity index (χ1n) is 10.6. The van der Waals surface area contributed by atoms with E-state index in [0.29, 0.717) is 0 Å². The van der Waals surface area contributed by atoms with Gasteiger partial charge in [0.05, 0.1) is 0 Å². The molecule has 1 fully saturated rings. The molecule has 1 saturated heterocycles. The summed E-state index contributed by atoms with van der Waals surface area (Å²) < 4.78 is 0. The van der Waals surface area contributed by atoms with E-state index in [4.69, 9.17) is 4.99 Å². The van der Waals surface area contributed by atoms with Gasteiger partial charge in [-0.2, -0.15) is 0 Å². The fourth-order valence-electron chi connectivity index (χ4n) is 3.58. The van der Waals surface area contributed by atoms with Gasteiger partial charge in [0, 0.05) is 19.3 Å². The van der Waals surface area contributed by atoms with Crippen molar-refractivity contribution in [2.24, 2.45) is 4.99 Å². The Balaban J connectivity index is 1.87. The minimum absolute atomic E-state index is 0.211. The van der Waals surface area contributed by atoms with Gasteiger partial charge in [0.25, 0.3) is 5.91 Å². The first-order chi connectivity index (χ1) is 13.1. The molecule has 0 aromatic heterocycles. The average Bonchev–Trinajstić information content (AvgIpc) is 3.01. The molecule has 0 spiro atoms. The van der Waals surface area contributed by atoms with Gasteiger partial charge in [-0.05, 0) is 12.8 Å². The lowest BCUT2D eigenvalue weighted by atomic mass is 10.1. The molecule has 0 aromatic carbocycles. The number of urea groups is 1. The lowest BCUT2D eigenvalue weighted by molar-refractivity contribution is -0.127. The molecule has 0 radical (unpaired) electrons. The first kappa shape index (κ1) is 22.1. The van der Waals surface area contributed by atoms with E-state index in [1.807, 2.05) is 0 Å². The van der Waals surface area contributed by atoms with Crippen LogP contribution in [0.15, 0.2) is 4.99 Å². The van der Waals surface area contributed by atoms with Gasteiger partial charge in [-0.15, -0.1) is 0 Å². The molecule has 7 heteroatoms. The van der Waals surface area contributed by atoms with Crippen molar-refractivity contribution in [3.8, 4) is 0 Å². The molecule has 2 aliphatic heterocycles. The Bertz CT molecular complexity index is 526. The molecular weight excluding hydrogens is 360 g/mol. The van der Waals surface area contributed by atoms with Gasteiger partial charge in [-0.25, -0.2) is 9.79 Å². The Morgan fingerprint density at radius 2 is 1.59 bits per heavy atom. The minimum atomic E-state index is -0.385. The minimum Gasteiger partial charge on any atom is -0.336 e. The number of likely N-dealkylation sites (N-methyl/N-ethyl adjacent to an activating group) is 1. The normalized spacial score (nSPS) is 22.1. The quantitative estimate of drug-likeness (QED) is 0.502. The predicted molar refractivity (Wildman–Crippen MR) is 113 cm³/mol. The Kier molecular flexibility index (Phi) is 9.45. The molecule has 2 rings (SSSR count). The maximum absolute atomic E-state index is 12.5. The van der Waals surface area contributed by atoms with Gasteiger partial charge >= 0.3 is 6.03 Å². The zero-order chi connectivity index (χ0) is 19.6. The maximum atomic E-state index is 12.5. The highest BCUT2D eigenvalue weighted by Crippen LogP contribution is 2.29. The van der Waals surface area contributed by atoms with Gasteiger partial charge in [0.2, 0.25) is 0 Å². The molecule has 3 amide bonds. The van der Waals surface area contributed by atoms with Crippen molar-refractivity contribution in [3.63, 3.8) is 0 Å². The summed E-state index contributed by atoms with van der Waals surface area (Å²) in [5.74, 6) is 0.791. The standard InChI is InChI=1S/C20H36N4O2S/c1-4-6-8-9-10-11-12-13-14-24-16-17(21-20(24)27-15-7-5-2)23(3)19(26)22-18(16)25/h16-17H,4-15H2,1-3H3,(H,22,25,26). The number of amides is 3. The highest BCUT2D eigenvalue weighted by Gasteiger charge is 2.48. The van der Waals surface area contributed by atoms with Crippen LogP contribution < -0.4 is 5.32 Å². The highest BCUT2D eigenvalue weighted by molar-refractivity contribution is 8.13. The van der Waals surface area contributed by atoms with Crippen LogP contribution in [0.5, 0.6) is 0 Å². The third-order valence-electron chi connectivity index (χ3n) is 5.30. The summed E-state index contributed by atoms with van der Waals surface area (Å²) in [7, 11) is 1.72. The summed E-state index contributed by atoms with van der Waals surface area (Å²) >= 11 is 1.72. The molecule has 2 heterocycles. The number of aliphatic imine (C=N–C) groups is 1. The topological polar surface area (TPSA) is 65.0 Å². The largest absolute Gasteiger partial charge is 0.336 e. The third-order valence-corrected chi connectivity index (χ3v) is 6.40. The number of nitrogens with one attached hydrogen (secondary N) is 1. The molecule has 154 valence electrons. The molecule has 0 saturated carbocycles. The molecule has 0 aliphatic carbocycles. The van der Waals surface area contributed by atoms with E-state index in [2.05, 4.69) is 24.1 Å². The van der Waals surface area contributed by atoms with E-state index in [1.165, 1.54) is 44.9 Å². The van der Waals surface area contributed by atoms with Gasteiger partial charge in [0.1, 0.15) is 0 Å². The Morgan fingerprint density at radius 1 is 0.963 bits per heavy atom. The van der Waals surface area contributed by atoms with E-state index in [9.17, 15) is 9.59 Å². The Labute approximate surface area is 168 Å². The van der Waals surface area contributed by atoms with Crippen LogP contribution in [0.3, 0.4) is 0 Å². The summed E-state index contributed by atoms with van der Waals surface area (Å²) in [6.07, 6.45) is 12.0. The fourth-order valence-corrected chi connectivity index (χ4v) is 4.75. The molecule has 2 atom stereocenters. The molecule has 0 bridgehead atoms. The number of rotatable bonds is 12. The smallest absolute Gasteiger partial charge is 0.325 e. The number of hydrogen-bond donors (Lipinski definition) is 1. The van der Waals surface area contributed by atoms with Crippen molar-refractivity contribution < 1.29 is 9.59 Å². The number of carbonyl (C=O) groups excluding carboxylic acids is 2. The van der Waals surface area contributed by atoms with E-state index in [-0.39, 0.29) is 24.1 Å². The van der Waals surface area contributed by atoms with Crippen molar-refractivity contribution in [3.05, 3.63) is 0 Å². The zero-order valence-corrected chi connectivity index (χ0v) is 18.0. The van der Waals surface area contributed by atoms with Crippen LogP contribution in [0.25, 0.3) is 0 Å². The van der Waals surface area contributed by atoms with Crippen molar-refractivity contribution in [1.82, 2.24) is 15.1 Å². The second-order valence-corrected chi connectivity index (χ2v) is 8.61.